The third-order valence-electron chi connectivity index (χ3n) is 2.14. The van der Waals surface area contributed by atoms with Crippen LogP contribution in [0.1, 0.15) is 10.6 Å². The van der Waals surface area contributed by atoms with Crippen LogP contribution in [-0.2, 0) is 6.18 Å². The van der Waals surface area contributed by atoms with Crippen molar-refractivity contribution in [2.45, 2.75) is 13.1 Å². The molecule has 1 aromatic heterocycles. The molecule has 17 heavy (non-hydrogen) atoms. The summed E-state index contributed by atoms with van der Waals surface area (Å²) in [7, 11) is 0. The maximum absolute atomic E-state index is 13.1. The Bertz CT molecular complexity index is 545. The molecule has 1 nitrogen and oxygen atoms in total. The molecule has 0 amide bonds. The third-order valence-corrected chi connectivity index (χ3v) is 2.91. The molecule has 0 N–H and O–H groups in total. The van der Waals surface area contributed by atoms with E-state index in [1.165, 1.54) is 11.3 Å². The predicted molar refractivity (Wildman–Crippen MR) is 57.2 cm³/mol. The number of benzene rings is 1. The lowest BCUT2D eigenvalue weighted by atomic mass is 10.1. The van der Waals surface area contributed by atoms with Gasteiger partial charge in [0, 0.05) is 10.9 Å². The van der Waals surface area contributed by atoms with Crippen molar-refractivity contribution in [3.05, 3.63) is 40.0 Å². The van der Waals surface area contributed by atoms with Crippen molar-refractivity contribution >= 4 is 11.3 Å². The average Bonchev–Trinajstić information content (AvgIpc) is 2.62. The number of hydrogen-bond donors (Lipinski definition) is 0. The Kier molecular flexibility index (Phi) is 2.91. The van der Waals surface area contributed by atoms with Gasteiger partial charge in [0.2, 0.25) is 0 Å². The number of nitrogens with zero attached hydrogens (tertiary/aromatic N) is 1. The molecule has 0 unspecified atom stereocenters. The monoisotopic (exact) mass is 261 g/mol. The smallest absolute Gasteiger partial charge is 0.242 e. The third kappa shape index (κ3) is 2.63. The van der Waals surface area contributed by atoms with Crippen molar-refractivity contribution in [3.63, 3.8) is 0 Å². The average molecular weight is 261 g/mol. The maximum atomic E-state index is 13.1. The number of hydrogen-bond acceptors (Lipinski definition) is 2. The molecular formula is C11H7F4NS. The summed E-state index contributed by atoms with van der Waals surface area (Å²) in [6.07, 6.45) is -4.55. The zero-order chi connectivity index (χ0) is 12.6. The number of halogens is 4. The zero-order valence-corrected chi connectivity index (χ0v) is 9.49. The fraction of sp³-hybridized carbons (Fsp3) is 0.182. The molecule has 2 rings (SSSR count). The van der Waals surface area contributed by atoms with E-state index in [9.17, 15) is 17.6 Å². The van der Waals surface area contributed by atoms with Crippen LogP contribution in [0.4, 0.5) is 17.6 Å². The van der Waals surface area contributed by atoms with Gasteiger partial charge in [-0.2, -0.15) is 13.2 Å². The molecule has 1 aromatic carbocycles. The summed E-state index contributed by atoms with van der Waals surface area (Å²) < 4.78 is 50.6. The quantitative estimate of drug-likeness (QED) is 0.698. The van der Waals surface area contributed by atoms with Gasteiger partial charge in [-0.3, -0.25) is 0 Å². The minimum atomic E-state index is -4.55. The highest BCUT2D eigenvalue weighted by molar-refractivity contribution is 7.09. The highest BCUT2D eigenvalue weighted by atomic mass is 32.1. The first-order valence-corrected chi connectivity index (χ1v) is 5.54. The Hall–Kier alpha value is -1.43. The van der Waals surface area contributed by atoms with Gasteiger partial charge in [-0.1, -0.05) is 0 Å². The molecule has 1 heterocycles. The topological polar surface area (TPSA) is 12.9 Å². The van der Waals surface area contributed by atoms with Crippen molar-refractivity contribution in [1.82, 2.24) is 4.98 Å². The fourth-order valence-corrected chi connectivity index (χ4v) is 2.02. The molecule has 0 bridgehead atoms. The van der Waals surface area contributed by atoms with Gasteiger partial charge in [0.1, 0.15) is 5.82 Å². The summed E-state index contributed by atoms with van der Waals surface area (Å²) in [6.45, 7) is 1.73. The van der Waals surface area contributed by atoms with E-state index >= 15 is 0 Å². The second-order valence-corrected chi connectivity index (χ2v) is 4.54. The van der Waals surface area contributed by atoms with E-state index in [-0.39, 0.29) is 5.56 Å². The van der Waals surface area contributed by atoms with E-state index in [2.05, 4.69) is 4.98 Å². The first-order chi connectivity index (χ1) is 7.86. The summed E-state index contributed by atoms with van der Waals surface area (Å²) in [5, 5.41) is 2.32. The van der Waals surface area contributed by atoms with Gasteiger partial charge in [0.25, 0.3) is 0 Å². The number of rotatable bonds is 1. The van der Waals surface area contributed by atoms with Crippen LogP contribution >= 0.6 is 11.3 Å². The first kappa shape index (κ1) is 12.0. The van der Waals surface area contributed by atoms with E-state index in [4.69, 9.17) is 0 Å². The first-order valence-electron chi connectivity index (χ1n) is 4.66. The molecule has 0 aliphatic heterocycles. The SMILES string of the molecule is Cc1nc(-c2cc(F)cc(C(F)(F)F)c2)cs1. The highest BCUT2D eigenvalue weighted by Crippen LogP contribution is 2.33. The van der Waals surface area contributed by atoms with Gasteiger partial charge in [0.15, 0.2) is 0 Å². The number of aromatic nitrogens is 1. The van der Waals surface area contributed by atoms with E-state index in [1.54, 1.807) is 12.3 Å². The van der Waals surface area contributed by atoms with Crippen molar-refractivity contribution in [2.75, 3.05) is 0 Å². The molecule has 0 fully saturated rings. The molecular weight excluding hydrogens is 254 g/mol. The van der Waals surface area contributed by atoms with Gasteiger partial charge >= 0.3 is 6.18 Å². The molecule has 2 aromatic rings. The van der Waals surface area contributed by atoms with Crippen LogP contribution in [0.25, 0.3) is 11.3 Å². The van der Waals surface area contributed by atoms with Crippen LogP contribution in [-0.4, -0.2) is 4.98 Å². The van der Waals surface area contributed by atoms with Gasteiger partial charge < -0.3 is 0 Å². The fourth-order valence-electron chi connectivity index (χ4n) is 1.40. The van der Waals surface area contributed by atoms with Crippen molar-refractivity contribution < 1.29 is 17.6 Å². The Morgan fingerprint density at radius 2 is 1.88 bits per heavy atom. The van der Waals surface area contributed by atoms with Gasteiger partial charge in [-0.15, -0.1) is 11.3 Å². The van der Waals surface area contributed by atoms with Gasteiger partial charge in [0.05, 0.1) is 16.3 Å². The summed E-state index contributed by atoms with van der Waals surface area (Å²) in [5.74, 6) is -0.916. The molecule has 0 saturated heterocycles. The van der Waals surface area contributed by atoms with E-state index < -0.39 is 17.6 Å². The number of aryl methyl sites for hydroxylation is 1. The summed E-state index contributed by atoms with van der Waals surface area (Å²) >= 11 is 1.30. The van der Waals surface area contributed by atoms with Crippen LogP contribution < -0.4 is 0 Å². The standard InChI is InChI=1S/C11H7F4NS/c1-6-16-10(5-17-6)7-2-8(11(13,14)15)4-9(12)3-7/h2-5H,1H3. The molecule has 0 radical (unpaired) electrons. The lowest BCUT2D eigenvalue weighted by molar-refractivity contribution is -0.137. The Labute approximate surface area is 98.7 Å². The van der Waals surface area contributed by atoms with Crippen LogP contribution in [0, 0.1) is 12.7 Å². The maximum Gasteiger partial charge on any atom is 0.416 e. The molecule has 0 aliphatic rings. The molecule has 0 atom stereocenters. The van der Waals surface area contributed by atoms with Crippen molar-refractivity contribution in [3.8, 4) is 11.3 Å². The molecule has 90 valence electrons. The highest BCUT2D eigenvalue weighted by Gasteiger charge is 2.31. The Balaban J connectivity index is 2.52. The molecule has 0 saturated carbocycles. The summed E-state index contributed by atoms with van der Waals surface area (Å²) in [6, 6.07) is 2.42. The van der Waals surface area contributed by atoms with E-state index in [0.717, 1.165) is 17.1 Å². The Morgan fingerprint density at radius 1 is 1.18 bits per heavy atom. The van der Waals surface area contributed by atoms with Gasteiger partial charge in [-0.25, -0.2) is 9.37 Å². The Morgan fingerprint density at radius 3 is 2.41 bits per heavy atom. The van der Waals surface area contributed by atoms with Crippen LogP contribution in [0.2, 0.25) is 0 Å². The summed E-state index contributed by atoms with van der Waals surface area (Å²) in [5.41, 5.74) is -0.502. The van der Waals surface area contributed by atoms with Gasteiger partial charge in [-0.05, 0) is 25.1 Å². The number of alkyl halides is 3. The number of thiazole rings is 1. The molecule has 0 spiro atoms. The van der Waals surface area contributed by atoms with E-state index in [1.807, 2.05) is 0 Å². The molecule has 6 heteroatoms. The predicted octanol–water partition coefficient (Wildman–Crippen LogP) is 4.28. The minimum absolute atomic E-state index is 0.140. The summed E-state index contributed by atoms with van der Waals surface area (Å²) in [4.78, 5) is 4.03. The zero-order valence-electron chi connectivity index (χ0n) is 8.68. The second-order valence-electron chi connectivity index (χ2n) is 3.48. The van der Waals surface area contributed by atoms with Crippen molar-refractivity contribution in [1.29, 1.82) is 0 Å². The lowest BCUT2D eigenvalue weighted by Crippen LogP contribution is -2.05. The normalized spacial score (nSPS) is 11.8. The van der Waals surface area contributed by atoms with E-state index in [0.29, 0.717) is 11.8 Å². The molecule has 0 aliphatic carbocycles. The van der Waals surface area contributed by atoms with Crippen LogP contribution in [0.3, 0.4) is 0 Å². The van der Waals surface area contributed by atoms with Crippen LogP contribution in [0.15, 0.2) is 23.6 Å². The van der Waals surface area contributed by atoms with Crippen LogP contribution in [0.5, 0.6) is 0 Å². The lowest BCUT2D eigenvalue weighted by Gasteiger charge is -2.08. The van der Waals surface area contributed by atoms with Crippen molar-refractivity contribution in [2.24, 2.45) is 0 Å². The second kappa shape index (κ2) is 4.10. The largest absolute Gasteiger partial charge is 0.416 e. The minimum Gasteiger partial charge on any atom is -0.242 e.